The molecule has 0 saturated heterocycles. The van der Waals surface area contributed by atoms with Crippen molar-refractivity contribution in [3.8, 4) is 5.82 Å². The molecule has 3 aromatic heterocycles. The third-order valence-electron chi connectivity index (χ3n) is 9.09. The summed E-state index contributed by atoms with van der Waals surface area (Å²) in [5, 5.41) is 25.6. The zero-order chi connectivity index (χ0) is 28.5. The van der Waals surface area contributed by atoms with Gasteiger partial charge in [-0.15, -0.1) is 6.58 Å². The molecule has 0 bridgehead atoms. The van der Waals surface area contributed by atoms with Crippen molar-refractivity contribution >= 4 is 22.7 Å². The number of rotatable bonds is 6. The van der Waals surface area contributed by atoms with E-state index < -0.39 is 5.60 Å². The van der Waals surface area contributed by atoms with E-state index in [1.807, 2.05) is 19.1 Å². The summed E-state index contributed by atoms with van der Waals surface area (Å²) in [6.45, 7) is 7.75. The van der Waals surface area contributed by atoms with Crippen LogP contribution in [-0.4, -0.2) is 59.1 Å². The van der Waals surface area contributed by atoms with Crippen molar-refractivity contribution in [1.82, 2.24) is 29.2 Å². The number of hydrogen-bond donors (Lipinski definition) is 3. The number of pyridine rings is 1. The molecule has 1 aliphatic heterocycles. The number of nitrogens with one attached hydrogen (secondary N) is 1. The van der Waals surface area contributed by atoms with Crippen molar-refractivity contribution in [2.24, 2.45) is 0 Å². The molecular weight excluding hydrogens is 518 g/mol. The molecule has 0 saturated carbocycles. The van der Waals surface area contributed by atoms with E-state index in [0.29, 0.717) is 41.3 Å². The summed E-state index contributed by atoms with van der Waals surface area (Å²) in [5.74, 6) is 1.03. The molecule has 2 aliphatic carbocycles. The fourth-order valence-electron chi connectivity index (χ4n) is 7.01. The lowest BCUT2D eigenvalue weighted by atomic mass is 9.76. The first-order valence-corrected chi connectivity index (χ1v) is 14.4. The zero-order valence-electron chi connectivity index (χ0n) is 23.5. The Bertz CT molecular complexity index is 1760. The van der Waals surface area contributed by atoms with E-state index in [0.717, 1.165) is 43.6 Å². The third kappa shape index (κ3) is 4.12. The first kappa shape index (κ1) is 26.1. The molecule has 3 aliphatic rings. The molecule has 0 radical (unpaired) electrons. The van der Waals surface area contributed by atoms with Crippen LogP contribution >= 0.6 is 0 Å². The van der Waals surface area contributed by atoms with E-state index in [2.05, 4.69) is 41.0 Å². The first-order chi connectivity index (χ1) is 19.8. The van der Waals surface area contributed by atoms with Crippen molar-refractivity contribution in [3.05, 3.63) is 81.4 Å². The van der Waals surface area contributed by atoms with Gasteiger partial charge < -0.3 is 20.4 Å². The van der Waals surface area contributed by atoms with Crippen LogP contribution in [0.4, 0.5) is 11.6 Å². The van der Waals surface area contributed by atoms with Crippen molar-refractivity contribution < 1.29 is 10.2 Å². The maximum Gasteiger partial charge on any atom is 0.278 e. The quantitative estimate of drug-likeness (QED) is 0.311. The number of aliphatic hydroxyl groups excluding tert-OH is 1. The number of aliphatic hydroxyl groups is 2. The van der Waals surface area contributed by atoms with Crippen molar-refractivity contribution in [2.75, 3.05) is 18.9 Å². The number of nitrogens with zero attached hydrogens (tertiary/aromatic N) is 6. The molecule has 4 heterocycles. The average Bonchev–Trinajstić information content (AvgIpc) is 3.44. The van der Waals surface area contributed by atoms with Gasteiger partial charge in [-0.2, -0.15) is 4.98 Å². The smallest absolute Gasteiger partial charge is 0.278 e. The summed E-state index contributed by atoms with van der Waals surface area (Å²) in [4.78, 5) is 29.9. The van der Waals surface area contributed by atoms with E-state index in [1.165, 1.54) is 16.7 Å². The second-order valence-electron chi connectivity index (χ2n) is 11.7. The van der Waals surface area contributed by atoms with Crippen LogP contribution in [0, 0.1) is 0 Å². The molecule has 3 unspecified atom stereocenters. The van der Waals surface area contributed by atoms with Crippen LogP contribution in [0.2, 0.25) is 0 Å². The predicted molar refractivity (Wildman–Crippen MR) is 157 cm³/mol. The highest BCUT2D eigenvalue weighted by Crippen LogP contribution is 2.41. The average molecular weight is 554 g/mol. The van der Waals surface area contributed by atoms with Gasteiger partial charge in [-0.1, -0.05) is 19.1 Å². The van der Waals surface area contributed by atoms with Crippen LogP contribution in [0.15, 0.2) is 47.9 Å². The van der Waals surface area contributed by atoms with Crippen molar-refractivity contribution in [1.29, 1.82) is 0 Å². The fraction of sp³-hybridized carbons (Fsp3) is 0.419. The van der Waals surface area contributed by atoms with E-state index in [-0.39, 0.29) is 24.1 Å². The summed E-state index contributed by atoms with van der Waals surface area (Å²) >= 11 is 0. The Labute approximate surface area is 238 Å². The monoisotopic (exact) mass is 553 g/mol. The summed E-state index contributed by atoms with van der Waals surface area (Å²) in [7, 11) is 2.09. The minimum Gasteiger partial charge on any atom is -0.392 e. The van der Waals surface area contributed by atoms with Crippen LogP contribution < -0.4 is 10.9 Å². The van der Waals surface area contributed by atoms with Gasteiger partial charge in [0, 0.05) is 30.9 Å². The molecule has 4 aromatic rings. The summed E-state index contributed by atoms with van der Waals surface area (Å²) < 4.78 is 3.26. The lowest BCUT2D eigenvalue weighted by Gasteiger charge is -2.39. The summed E-state index contributed by atoms with van der Waals surface area (Å²) in [5.41, 5.74) is 5.56. The summed E-state index contributed by atoms with van der Waals surface area (Å²) in [6, 6.07) is 8.13. The molecule has 3 atom stereocenters. The maximum absolute atomic E-state index is 13.4. The lowest BCUT2D eigenvalue weighted by molar-refractivity contribution is 0.0306. The van der Waals surface area contributed by atoms with Gasteiger partial charge in [0.1, 0.15) is 11.0 Å². The largest absolute Gasteiger partial charge is 0.392 e. The van der Waals surface area contributed by atoms with Crippen LogP contribution in [0.25, 0.3) is 16.9 Å². The molecule has 10 nitrogen and oxygen atoms in total. The Morgan fingerprint density at radius 1 is 1.20 bits per heavy atom. The van der Waals surface area contributed by atoms with Gasteiger partial charge in [0.25, 0.3) is 5.56 Å². The van der Waals surface area contributed by atoms with E-state index in [1.54, 1.807) is 21.6 Å². The molecule has 0 amide bonds. The third-order valence-corrected chi connectivity index (χ3v) is 9.09. The van der Waals surface area contributed by atoms with E-state index in [4.69, 9.17) is 9.97 Å². The molecule has 0 spiro atoms. The molecule has 10 heteroatoms. The minimum atomic E-state index is -0.977. The first-order valence-electron chi connectivity index (χ1n) is 14.4. The Hall–Kier alpha value is -3.86. The Morgan fingerprint density at radius 2 is 2.02 bits per heavy atom. The molecule has 7 rings (SSSR count). The van der Waals surface area contributed by atoms with Crippen LogP contribution in [-0.2, 0) is 31.5 Å². The second kappa shape index (κ2) is 9.61. The van der Waals surface area contributed by atoms with Gasteiger partial charge in [0.15, 0.2) is 11.5 Å². The van der Waals surface area contributed by atoms with Gasteiger partial charge in [-0.05, 0) is 79.6 Å². The Balaban J connectivity index is 1.33. The number of hydrogen-bond acceptors (Lipinski definition) is 8. The molecule has 41 heavy (non-hydrogen) atoms. The number of benzene rings is 1. The zero-order valence-corrected chi connectivity index (χ0v) is 23.5. The highest BCUT2D eigenvalue weighted by molar-refractivity contribution is 5.77. The van der Waals surface area contributed by atoms with Gasteiger partial charge >= 0.3 is 0 Å². The van der Waals surface area contributed by atoms with Crippen molar-refractivity contribution in [2.45, 2.75) is 69.7 Å². The molecule has 0 fully saturated rings. The standard InChI is InChI=1S/C31H35N7O3/c1-4-12-37-29(40)22-15-32-30(33-21-13-19-6-8-24(39)23-17-36(3)16-20(14-21)26(19)23)35-28(22)38(37)25-9-7-18-10-11-31(41,5-2)27(18)34-25/h4,7,9,13-15,23-24,39,41H,1,5-6,8,10-12,16-17H2,2-3H3,(H,32,33,35). The fourth-order valence-corrected chi connectivity index (χ4v) is 7.01. The van der Waals surface area contributed by atoms with Gasteiger partial charge in [0.05, 0.1) is 18.3 Å². The van der Waals surface area contributed by atoms with Gasteiger partial charge in [-0.25, -0.2) is 19.3 Å². The Morgan fingerprint density at radius 3 is 2.83 bits per heavy atom. The molecule has 212 valence electrons. The van der Waals surface area contributed by atoms with E-state index in [9.17, 15) is 15.0 Å². The molecule has 3 N–H and O–H groups in total. The number of aromatic nitrogens is 5. The van der Waals surface area contributed by atoms with Crippen LogP contribution in [0.1, 0.15) is 60.1 Å². The van der Waals surface area contributed by atoms with Crippen LogP contribution in [0.5, 0.6) is 0 Å². The van der Waals surface area contributed by atoms with Crippen molar-refractivity contribution in [3.63, 3.8) is 0 Å². The highest BCUT2D eigenvalue weighted by atomic mass is 16.3. The summed E-state index contributed by atoms with van der Waals surface area (Å²) in [6.07, 6.45) is 6.46. The predicted octanol–water partition coefficient (Wildman–Crippen LogP) is 3.29. The topological polar surface area (TPSA) is 121 Å². The number of likely N-dealkylation sites (N-methyl/N-ethyl adjacent to an activating group) is 1. The SMILES string of the molecule is C=CCn1c(=O)c2cnc(Nc3cc4c5c(c3)CN(C)CC5C(O)CC4)nc2n1-c1ccc2c(n1)C(O)(CC)CC2. The van der Waals surface area contributed by atoms with E-state index >= 15 is 0 Å². The number of fused-ring (bicyclic) bond motifs is 2. The number of allylic oxidation sites excluding steroid dienone is 1. The van der Waals surface area contributed by atoms with Crippen LogP contribution in [0.3, 0.4) is 0 Å². The van der Waals surface area contributed by atoms with Gasteiger partial charge in [-0.3, -0.25) is 4.79 Å². The van der Waals surface area contributed by atoms with Gasteiger partial charge in [0.2, 0.25) is 5.95 Å². The Kier molecular flexibility index (Phi) is 6.11. The second-order valence-corrected chi connectivity index (χ2v) is 11.7. The molecular formula is C31H35N7O3. The highest BCUT2D eigenvalue weighted by Gasteiger charge is 2.37. The minimum absolute atomic E-state index is 0.137. The maximum atomic E-state index is 13.4. The lowest BCUT2D eigenvalue weighted by Crippen LogP contribution is -2.39. The number of anilines is 2. The molecule has 1 aromatic carbocycles. The number of aryl methyl sites for hydroxylation is 2. The normalized spacial score (nSPS) is 23.4.